The summed E-state index contributed by atoms with van der Waals surface area (Å²) in [4.78, 5) is 12.0. The summed E-state index contributed by atoms with van der Waals surface area (Å²) in [6.07, 6.45) is 8.52. The maximum absolute atomic E-state index is 12.0. The normalized spacial score (nSPS) is 26.7. The minimum absolute atomic E-state index is 0.0750. The minimum atomic E-state index is -0.692. The second-order valence-corrected chi connectivity index (χ2v) is 5.83. The van der Waals surface area contributed by atoms with E-state index >= 15 is 0 Å². The predicted molar refractivity (Wildman–Crippen MR) is 66.4 cm³/mol. The zero-order valence-electron chi connectivity index (χ0n) is 10.5. The molecule has 0 aliphatic heterocycles. The summed E-state index contributed by atoms with van der Waals surface area (Å²) in [5, 5.41) is 13.2. The van der Waals surface area contributed by atoms with E-state index in [1.807, 2.05) is 0 Å². The van der Waals surface area contributed by atoms with Crippen molar-refractivity contribution >= 4 is 5.91 Å². The lowest BCUT2D eigenvalue weighted by Crippen LogP contribution is -2.55. The highest BCUT2D eigenvalue weighted by Gasteiger charge is 2.38. The Morgan fingerprint density at radius 1 is 1.06 bits per heavy atom. The van der Waals surface area contributed by atoms with Crippen molar-refractivity contribution in [2.45, 2.75) is 68.9 Å². The molecule has 4 N–H and O–H groups in total. The van der Waals surface area contributed by atoms with Crippen LogP contribution in [0.2, 0.25) is 0 Å². The molecule has 0 saturated heterocycles. The fourth-order valence-electron chi connectivity index (χ4n) is 3.04. The molecule has 0 spiro atoms. The Morgan fingerprint density at radius 3 is 2.18 bits per heavy atom. The van der Waals surface area contributed by atoms with Crippen molar-refractivity contribution in [1.82, 2.24) is 5.32 Å². The molecule has 1 amide bonds. The SMILES string of the molecule is NC1(C(=O)NCC2(O)CCCCC2)CCCC1. The molecule has 0 aromatic heterocycles. The summed E-state index contributed by atoms with van der Waals surface area (Å²) in [6, 6.07) is 0. The largest absolute Gasteiger partial charge is 0.388 e. The highest BCUT2D eigenvalue weighted by Crippen LogP contribution is 2.29. The van der Waals surface area contributed by atoms with Gasteiger partial charge in [-0.05, 0) is 25.7 Å². The number of hydrogen-bond acceptors (Lipinski definition) is 3. The van der Waals surface area contributed by atoms with E-state index in [2.05, 4.69) is 5.32 Å². The van der Waals surface area contributed by atoms with Gasteiger partial charge in [0.25, 0.3) is 0 Å². The first-order chi connectivity index (χ1) is 8.04. The summed E-state index contributed by atoms with van der Waals surface area (Å²) in [5.41, 5.74) is 4.70. The molecular formula is C13H24N2O2. The number of carbonyl (C=O) groups excluding carboxylic acids is 1. The third-order valence-electron chi connectivity index (χ3n) is 4.31. The standard InChI is InChI=1S/C13H24N2O2/c14-13(8-4-5-9-13)11(16)15-10-12(17)6-2-1-3-7-12/h17H,1-10,14H2,(H,15,16). The Morgan fingerprint density at radius 2 is 1.59 bits per heavy atom. The maximum Gasteiger partial charge on any atom is 0.240 e. The number of rotatable bonds is 3. The number of nitrogens with two attached hydrogens (primary N) is 1. The molecule has 0 aromatic carbocycles. The van der Waals surface area contributed by atoms with Gasteiger partial charge in [0.15, 0.2) is 0 Å². The van der Waals surface area contributed by atoms with E-state index in [1.54, 1.807) is 0 Å². The van der Waals surface area contributed by atoms with Crippen molar-refractivity contribution in [3.05, 3.63) is 0 Å². The van der Waals surface area contributed by atoms with E-state index in [-0.39, 0.29) is 5.91 Å². The van der Waals surface area contributed by atoms with Crippen LogP contribution in [0.3, 0.4) is 0 Å². The first-order valence-electron chi connectivity index (χ1n) is 6.84. The van der Waals surface area contributed by atoms with Crippen molar-refractivity contribution in [2.75, 3.05) is 6.54 Å². The van der Waals surface area contributed by atoms with Crippen molar-refractivity contribution in [3.8, 4) is 0 Å². The Balaban J connectivity index is 1.83. The Kier molecular flexibility index (Phi) is 3.73. The smallest absolute Gasteiger partial charge is 0.240 e. The Bertz CT molecular complexity index is 279. The van der Waals surface area contributed by atoms with E-state index in [9.17, 15) is 9.90 Å². The van der Waals surface area contributed by atoms with Crippen LogP contribution in [0.15, 0.2) is 0 Å². The third kappa shape index (κ3) is 2.99. The van der Waals surface area contributed by atoms with Crippen LogP contribution >= 0.6 is 0 Å². The van der Waals surface area contributed by atoms with Crippen LogP contribution in [0, 0.1) is 0 Å². The fourth-order valence-corrected chi connectivity index (χ4v) is 3.04. The highest BCUT2D eigenvalue weighted by molar-refractivity contribution is 5.86. The van der Waals surface area contributed by atoms with Crippen LogP contribution in [0.5, 0.6) is 0 Å². The summed E-state index contributed by atoms with van der Waals surface area (Å²) < 4.78 is 0. The van der Waals surface area contributed by atoms with Crippen molar-refractivity contribution in [3.63, 3.8) is 0 Å². The molecule has 2 aliphatic carbocycles. The first kappa shape index (κ1) is 12.8. The van der Waals surface area contributed by atoms with Crippen LogP contribution < -0.4 is 11.1 Å². The van der Waals surface area contributed by atoms with Gasteiger partial charge in [-0.15, -0.1) is 0 Å². The summed E-state index contributed by atoms with van der Waals surface area (Å²) >= 11 is 0. The molecule has 4 heteroatoms. The number of nitrogens with one attached hydrogen (secondary N) is 1. The molecule has 2 rings (SSSR count). The molecular weight excluding hydrogens is 216 g/mol. The molecule has 98 valence electrons. The van der Waals surface area contributed by atoms with Gasteiger partial charge in [0, 0.05) is 6.54 Å². The lowest BCUT2D eigenvalue weighted by atomic mass is 9.84. The molecule has 2 fully saturated rings. The van der Waals surface area contributed by atoms with Crippen LogP contribution in [-0.4, -0.2) is 28.7 Å². The van der Waals surface area contributed by atoms with Gasteiger partial charge in [0.2, 0.25) is 5.91 Å². The second-order valence-electron chi connectivity index (χ2n) is 5.83. The average molecular weight is 240 g/mol. The molecule has 2 aliphatic rings. The zero-order valence-corrected chi connectivity index (χ0v) is 10.5. The highest BCUT2D eigenvalue weighted by atomic mass is 16.3. The fraction of sp³-hybridized carbons (Fsp3) is 0.923. The van der Waals surface area contributed by atoms with Gasteiger partial charge in [-0.3, -0.25) is 4.79 Å². The minimum Gasteiger partial charge on any atom is -0.388 e. The zero-order chi connectivity index (χ0) is 12.4. The van der Waals surface area contributed by atoms with Crippen molar-refractivity contribution in [2.24, 2.45) is 5.73 Å². The van der Waals surface area contributed by atoms with E-state index in [1.165, 1.54) is 6.42 Å². The number of carbonyl (C=O) groups is 1. The van der Waals surface area contributed by atoms with Gasteiger partial charge in [-0.2, -0.15) is 0 Å². The van der Waals surface area contributed by atoms with Gasteiger partial charge in [-0.25, -0.2) is 0 Å². The molecule has 4 nitrogen and oxygen atoms in total. The average Bonchev–Trinajstić information content (AvgIpc) is 2.75. The van der Waals surface area contributed by atoms with Crippen LogP contribution in [-0.2, 0) is 4.79 Å². The predicted octanol–water partition coefficient (Wildman–Crippen LogP) is 1.07. The first-order valence-corrected chi connectivity index (χ1v) is 6.84. The number of aliphatic hydroxyl groups is 1. The Labute approximate surface area is 103 Å². The molecule has 2 saturated carbocycles. The quantitative estimate of drug-likeness (QED) is 0.690. The van der Waals surface area contributed by atoms with E-state index < -0.39 is 11.1 Å². The summed E-state index contributed by atoms with van der Waals surface area (Å²) in [7, 11) is 0. The monoisotopic (exact) mass is 240 g/mol. The van der Waals surface area contributed by atoms with E-state index in [0.717, 1.165) is 51.4 Å². The maximum atomic E-state index is 12.0. The Hall–Kier alpha value is -0.610. The van der Waals surface area contributed by atoms with E-state index in [4.69, 9.17) is 5.73 Å². The third-order valence-corrected chi connectivity index (χ3v) is 4.31. The number of hydrogen-bond donors (Lipinski definition) is 3. The van der Waals surface area contributed by atoms with Crippen molar-refractivity contribution in [1.29, 1.82) is 0 Å². The van der Waals surface area contributed by atoms with Crippen LogP contribution in [0.4, 0.5) is 0 Å². The number of amides is 1. The van der Waals surface area contributed by atoms with Crippen LogP contribution in [0.25, 0.3) is 0 Å². The molecule has 0 unspecified atom stereocenters. The van der Waals surface area contributed by atoms with Gasteiger partial charge < -0.3 is 16.2 Å². The lowest BCUT2D eigenvalue weighted by Gasteiger charge is -2.33. The van der Waals surface area contributed by atoms with Crippen LogP contribution in [0.1, 0.15) is 57.8 Å². The molecule has 0 heterocycles. The van der Waals surface area contributed by atoms with Gasteiger partial charge >= 0.3 is 0 Å². The van der Waals surface area contributed by atoms with Gasteiger partial charge in [0.1, 0.15) is 0 Å². The lowest BCUT2D eigenvalue weighted by molar-refractivity contribution is -0.127. The molecule has 0 atom stereocenters. The van der Waals surface area contributed by atoms with Gasteiger partial charge in [-0.1, -0.05) is 32.1 Å². The molecule has 0 bridgehead atoms. The molecule has 0 radical (unpaired) electrons. The topological polar surface area (TPSA) is 75.4 Å². The summed E-state index contributed by atoms with van der Waals surface area (Å²) in [6.45, 7) is 0.366. The van der Waals surface area contributed by atoms with Crippen molar-refractivity contribution < 1.29 is 9.90 Å². The summed E-state index contributed by atoms with van der Waals surface area (Å²) in [5.74, 6) is -0.0750. The van der Waals surface area contributed by atoms with E-state index in [0.29, 0.717) is 6.54 Å². The van der Waals surface area contributed by atoms with Gasteiger partial charge in [0.05, 0.1) is 11.1 Å². The second kappa shape index (κ2) is 4.94. The molecule has 17 heavy (non-hydrogen) atoms. The molecule has 0 aromatic rings.